The molecule has 1 saturated carbocycles. The molecule has 0 aromatic carbocycles. The predicted molar refractivity (Wildman–Crippen MR) is 69.6 cm³/mol. The minimum Gasteiger partial charge on any atom is -0.357 e. The van der Waals surface area contributed by atoms with Gasteiger partial charge in [0.2, 0.25) is 17.2 Å². The Balaban J connectivity index is 2.23. The molecule has 0 spiro atoms. The van der Waals surface area contributed by atoms with E-state index in [0.29, 0.717) is 17.9 Å². The van der Waals surface area contributed by atoms with Gasteiger partial charge in [0, 0.05) is 19.6 Å². The monoisotopic (exact) mass is 255 g/mol. The highest BCUT2D eigenvalue weighted by Crippen LogP contribution is 2.31. The largest absolute Gasteiger partial charge is 0.357 e. The topological polar surface area (TPSA) is 53.9 Å². The van der Waals surface area contributed by atoms with Crippen LogP contribution in [-0.2, 0) is 0 Å². The third-order valence-electron chi connectivity index (χ3n) is 2.85. The molecule has 0 saturated heterocycles. The molecule has 0 aliphatic heterocycles. The lowest BCUT2D eigenvalue weighted by molar-refractivity contribution is 0.626. The van der Waals surface area contributed by atoms with E-state index in [9.17, 15) is 0 Å². The van der Waals surface area contributed by atoms with Crippen LogP contribution in [0.2, 0.25) is 5.28 Å². The molecule has 94 valence electrons. The maximum atomic E-state index is 5.90. The van der Waals surface area contributed by atoms with E-state index < -0.39 is 0 Å². The number of hydrogen-bond acceptors (Lipinski definition) is 5. The van der Waals surface area contributed by atoms with E-state index in [1.807, 2.05) is 0 Å². The Morgan fingerprint density at radius 1 is 1.35 bits per heavy atom. The van der Waals surface area contributed by atoms with Crippen molar-refractivity contribution in [2.45, 2.75) is 32.7 Å². The summed E-state index contributed by atoms with van der Waals surface area (Å²) in [4.78, 5) is 14.8. The second-order valence-electron chi connectivity index (χ2n) is 4.67. The van der Waals surface area contributed by atoms with Crippen LogP contribution >= 0.6 is 11.6 Å². The minimum absolute atomic E-state index is 0.237. The van der Waals surface area contributed by atoms with Gasteiger partial charge in [0.15, 0.2) is 0 Å². The van der Waals surface area contributed by atoms with Gasteiger partial charge < -0.3 is 10.2 Å². The molecule has 2 rings (SSSR count). The van der Waals surface area contributed by atoms with Crippen LogP contribution in [0.5, 0.6) is 0 Å². The maximum Gasteiger partial charge on any atom is 0.231 e. The molecule has 0 bridgehead atoms. The Morgan fingerprint density at radius 2 is 2.06 bits per heavy atom. The number of halogens is 1. The molecule has 1 aliphatic carbocycles. The van der Waals surface area contributed by atoms with E-state index in [1.165, 1.54) is 12.8 Å². The van der Waals surface area contributed by atoms with Crippen LogP contribution in [0.1, 0.15) is 26.7 Å². The molecule has 0 atom stereocenters. The molecule has 17 heavy (non-hydrogen) atoms. The second-order valence-corrected chi connectivity index (χ2v) is 5.01. The molecule has 1 aliphatic rings. The quantitative estimate of drug-likeness (QED) is 0.874. The van der Waals surface area contributed by atoms with Gasteiger partial charge in [0.05, 0.1) is 0 Å². The highest BCUT2D eigenvalue weighted by Gasteiger charge is 2.27. The van der Waals surface area contributed by atoms with Crippen LogP contribution in [-0.4, -0.2) is 34.6 Å². The van der Waals surface area contributed by atoms with Crippen LogP contribution in [0, 0.1) is 5.92 Å². The molecule has 1 heterocycles. The zero-order valence-electron chi connectivity index (χ0n) is 10.4. The first-order valence-electron chi connectivity index (χ1n) is 5.96. The Bertz CT molecular complexity index is 391. The maximum absolute atomic E-state index is 5.90. The lowest BCUT2D eigenvalue weighted by atomic mass is 10.3. The molecule has 1 aromatic rings. The van der Waals surface area contributed by atoms with Gasteiger partial charge in [-0.05, 0) is 44.2 Å². The molecule has 0 radical (unpaired) electrons. The molecule has 6 heteroatoms. The number of rotatable bonds is 5. The normalized spacial score (nSPS) is 15.1. The van der Waals surface area contributed by atoms with Gasteiger partial charge in [0.1, 0.15) is 0 Å². The molecular formula is C11H18ClN5. The summed E-state index contributed by atoms with van der Waals surface area (Å²) in [6, 6.07) is 0.360. The summed E-state index contributed by atoms with van der Waals surface area (Å²) in [5.74, 6) is 1.96. The average molecular weight is 256 g/mol. The number of anilines is 2. The van der Waals surface area contributed by atoms with Crippen LogP contribution in [0.25, 0.3) is 0 Å². The fourth-order valence-corrected chi connectivity index (χ4v) is 1.84. The lowest BCUT2D eigenvalue weighted by Gasteiger charge is -2.26. The first kappa shape index (κ1) is 12.4. The van der Waals surface area contributed by atoms with E-state index >= 15 is 0 Å². The third-order valence-corrected chi connectivity index (χ3v) is 3.02. The van der Waals surface area contributed by atoms with Gasteiger partial charge >= 0.3 is 0 Å². The van der Waals surface area contributed by atoms with E-state index in [2.05, 4.69) is 39.0 Å². The van der Waals surface area contributed by atoms with Crippen molar-refractivity contribution in [3.63, 3.8) is 0 Å². The number of nitrogens with zero attached hydrogens (tertiary/aromatic N) is 4. The number of hydrogen-bond donors (Lipinski definition) is 1. The molecule has 1 aromatic heterocycles. The summed E-state index contributed by atoms with van der Waals surface area (Å²) >= 11 is 5.90. The van der Waals surface area contributed by atoms with Crippen LogP contribution in [0.15, 0.2) is 0 Å². The van der Waals surface area contributed by atoms with Gasteiger partial charge in [-0.15, -0.1) is 0 Å². The summed E-state index contributed by atoms with van der Waals surface area (Å²) in [5, 5.41) is 3.13. The molecule has 1 fully saturated rings. The summed E-state index contributed by atoms with van der Waals surface area (Å²) < 4.78 is 0. The Hall–Kier alpha value is -1.10. The first-order chi connectivity index (χ1) is 8.10. The molecule has 0 unspecified atom stereocenters. The minimum atomic E-state index is 0.237. The lowest BCUT2D eigenvalue weighted by Crippen LogP contribution is -2.34. The molecule has 0 amide bonds. The SMILES string of the molecule is CNc1nc(Cl)nc(N(CC2CC2)C(C)C)n1. The van der Waals surface area contributed by atoms with Crippen LogP contribution < -0.4 is 10.2 Å². The van der Waals surface area contributed by atoms with Crippen molar-refractivity contribution in [3.8, 4) is 0 Å². The summed E-state index contributed by atoms with van der Waals surface area (Å²) in [6.45, 7) is 5.28. The number of aromatic nitrogens is 3. The van der Waals surface area contributed by atoms with E-state index in [4.69, 9.17) is 11.6 Å². The zero-order valence-corrected chi connectivity index (χ0v) is 11.2. The van der Waals surface area contributed by atoms with Gasteiger partial charge in [-0.3, -0.25) is 0 Å². The predicted octanol–water partition coefficient (Wildman–Crippen LogP) is 2.19. The van der Waals surface area contributed by atoms with Crippen molar-refractivity contribution < 1.29 is 0 Å². The van der Waals surface area contributed by atoms with E-state index in [-0.39, 0.29) is 5.28 Å². The fraction of sp³-hybridized carbons (Fsp3) is 0.727. The van der Waals surface area contributed by atoms with Crippen molar-refractivity contribution in [2.24, 2.45) is 5.92 Å². The van der Waals surface area contributed by atoms with Crippen LogP contribution in [0.3, 0.4) is 0 Å². The van der Waals surface area contributed by atoms with E-state index in [0.717, 1.165) is 12.5 Å². The average Bonchev–Trinajstić information content (AvgIpc) is 3.08. The van der Waals surface area contributed by atoms with Crippen molar-refractivity contribution in [2.75, 3.05) is 23.8 Å². The zero-order chi connectivity index (χ0) is 12.4. The first-order valence-corrected chi connectivity index (χ1v) is 6.34. The van der Waals surface area contributed by atoms with Gasteiger partial charge in [-0.2, -0.15) is 15.0 Å². The Kier molecular flexibility index (Phi) is 3.66. The third kappa shape index (κ3) is 3.19. The molecular weight excluding hydrogens is 238 g/mol. The highest BCUT2D eigenvalue weighted by molar-refractivity contribution is 6.28. The standard InChI is InChI=1S/C11H18ClN5/c1-7(2)17(6-8-4-5-8)11-15-9(12)14-10(13-3)16-11/h7-8H,4-6H2,1-3H3,(H,13,14,15,16). The van der Waals surface area contributed by atoms with Crippen molar-refractivity contribution in [3.05, 3.63) is 5.28 Å². The van der Waals surface area contributed by atoms with Gasteiger partial charge in [-0.1, -0.05) is 0 Å². The summed E-state index contributed by atoms with van der Waals surface area (Å²) in [6.07, 6.45) is 2.61. The van der Waals surface area contributed by atoms with Crippen LogP contribution in [0.4, 0.5) is 11.9 Å². The molecule has 1 N–H and O–H groups in total. The smallest absolute Gasteiger partial charge is 0.231 e. The number of nitrogens with one attached hydrogen (secondary N) is 1. The Labute approximate surface area is 107 Å². The summed E-state index contributed by atoms with van der Waals surface area (Å²) in [7, 11) is 1.77. The fourth-order valence-electron chi connectivity index (χ4n) is 1.68. The van der Waals surface area contributed by atoms with Crippen molar-refractivity contribution in [1.29, 1.82) is 0 Å². The Morgan fingerprint density at radius 3 is 2.59 bits per heavy atom. The highest BCUT2D eigenvalue weighted by atomic mass is 35.5. The molecule has 5 nitrogen and oxygen atoms in total. The summed E-state index contributed by atoms with van der Waals surface area (Å²) in [5.41, 5.74) is 0. The van der Waals surface area contributed by atoms with Gasteiger partial charge in [-0.25, -0.2) is 0 Å². The van der Waals surface area contributed by atoms with Gasteiger partial charge in [0.25, 0.3) is 0 Å². The van der Waals surface area contributed by atoms with Crippen molar-refractivity contribution in [1.82, 2.24) is 15.0 Å². The van der Waals surface area contributed by atoms with E-state index in [1.54, 1.807) is 7.05 Å². The second kappa shape index (κ2) is 5.04. The van der Waals surface area contributed by atoms with Crippen molar-refractivity contribution >= 4 is 23.5 Å².